The second-order valence-corrected chi connectivity index (χ2v) is 5.54. The summed E-state index contributed by atoms with van der Waals surface area (Å²) in [4.78, 5) is 28.3. The highest BCUT2D eigenvalue weighted by Gasteiger charge is 2.09. The van der Waals surface area contributed by atoms with Gasteiger partial charge in [0.1, 0.15) is 0 Å². The van der Waals surface area contributed by atoms with Crippen molar-refractivity contribution < 1.29 is 9.59 Å². The number of benzene rings is 2. The summed E-state index contributed by atoms with van der Waals surface area (Å²) in [6.07, 6.45) is 3.14. The second kappa shape index (κ2) is 7.40. The van der Waals surface area contributed by atoms with Gasteiger partial charge < -0.3 is 10.6 Å². The van der Waals surface area contributed by atoms with Gasteiger partial charge in [-0.1, -0.05) is 18.2 Å². The van der Waals surface area contributed by atoms with Gasteiger partial charge in [0.05, 0.1) is 0 Å². The van der Waals surface area contributed by atoms with Gasteiger partial charge in [0.15, 0.2) is 0 Å². The minimum atomic E-state index is -0.206. The molecule has 0 bridgehead atoms. The highest BCUT2D eigenvalue weighted by molar-refractivity contribution is 6.06. The third-order valence-corrected chi connectivity index (χ3v) is 3.71. The lowest BCUT2D eigenvalue weighted by atomic mass is 10.1. The van der Waals surface area contributed by atoms with Crippen LogP contribution in [0.25, 0.3) is 0 Å². The number of aromatic nitrogens is 1. The minimum absolute atomic E-state index is 0.169. The predicted octanol–water partition coefficient (Wildman–Crippen LogP) is 3.89. The summed E-state index contributed by atoms with van der Waals surface area (Å²) in [6, 6.07) is 17.7. The fraction of sp³-hybridized carbons (Fsp3) is 0.0500. The Hall–Kier alpha value is -3.47. The average molecular weight is 331 g/mol. The summed E-state index contributed by atoms with van der Waals surface area (Å²) in [7, 11) is 0. The number of carbonyl (C=O) groups is 2. The van der Waals surface area contributed by atoms with Crippen LogP contribution in [0.3, 0.4) is 0 Å². The minimum Gasteiger partial charge on any atom is -0.322 e. The molecule has 0 aliphatic carbocycles. The van der Waals surface area contributed by atoms with E-state index in [1.54, 1.807) is 48.8 Å². The SMILES string of the molecule is Cc1cc(NC(=O)c2ccncc2)ccc1NC(=O)c1ccccc1. The van der Waals surface area contributed by atoms with E-state index in [9.17, 15) is 9.59 Å². The first-order chi connectivity index (χ1) is 12.1. The number of nitrogens with one attached hydrogen (secondary N) is 2. The van der Waals surface area contributed by atoms with E-state index in [1.165, 1.54) is 0 Å². The Labute approximate surface area is 145 Å². The van der Waals surface area contributed by atoms with Crippen LogP contribution in [0.2, 0.25) is 0 Å². The Morgan fingerprint density at radius 2 is 1.44 bits per heavy atom. The molecule has 0 saturated heterocycles. The van der Waals surface area contributed by atoms with Gasteiger partial charge in [-0.05, 0) is 55.0 Å². The highest BCUT2D eigenvalue weighted by atomic mass is 16.2. The number of anilines is 2. The standard InChI is InChI=1S/C20H17N3O2/c1-14-13-17(22-19(24)16-9-11-21-12-10-16)7-8-18(14)23-20(25)15-5-3-2-4-6-15/h2-13H,1H3,(H,22,24)(H,23,25). The zero-order chi connectivity index (χ0) is 17.6. The molecular weight excluding hydrogens is 314 g/mol. The number of hydrogen-bond acceptors (Lipinski definition) is 3. The molecule has 2 N–H and O–H groups in total. The summed E-state index contributed by atoms with van der Waals surface area (Å²) in [5, 5.41) is 5.71. The van der Waals surface area contributed by atoms with Crippen molar-refractivity contribution in [3.63, 3.8) is 0 Å². The van der Waals surface area contributed by atoms with Crippen LogP contribution in [-0.2, 0) is 0 Å². The maximum absolute atomic E-state index is 12.2. The van der Waals surface area contributed by atoms with E-state index < -0.39 is 0 Å². The number of aryl methyl sites for hydroxylation is 1. The molecule has 0 spiro atoms. The van der Waals surface area contributed by atoms with Crippen LogP contribution in [-0.4, -0.2) is 16.8 Å². The number of hydrogen-bond donors (Lipinski definition) is 2. The van der Waals surface area contributed by atoms with E-state index in [1.807, 2.05) is 31.2 Å². The normalized spacial score (nSPS) is 10.1. The van der Waals surface area contributed by atoms with E-state index >= 15 is 0 Å². The summed E-state index contributed by atoms with van der Waals surface area (Å²) < 4.78 is 0. The molecule has 0 saturated carbocycles. The summed E-state index contributed by atoms with van der Waals surface area (Å²) in [5.41, 5.74) is 3.36. The summed E-state index contributed by atoms with van der Waals surface area (Å²) >= 11 is 0. The summed E-state index contributed by atoms with van der Waals surface area (Å²) in [5.74, 6) is -0.375. The Morgan fingerprint density at radius 3 is 2.12 bits per heavy atom. The van der Waals surface area contributed by atoms with Crippen LogP contribution in [0, 0.1) is 6.92 Å². The zero-order valence-corrected chi connectivity index (χ0v) is 13.7. The molecule has 0 radical (unpaired) electrons. The van der Waals surface area contributed by atoms with Crippen molar-refractivity contribution in [2.75, 3.05) is 10.6 Å². The van der Waals surface area contributed by atoms with Gasteiger partial charge in [0.25, 0.3) is 11.8 Å². The lowest BCUT2D eigenvalue weighted by Gasteiger charge is -2.11. The van der Waals surface area contributed by atoms with E-state index in [0.717, 1.165) is 5.56 Å². The Morgan fingerprint density at radius 1 is 0.800 bits per heavy atom. The predicted molar refractivity (Wildman–Crippen MR) is 97.8 cm³/mol. The smallest absolute Gasteiger partial charge is 0.255 e. The first-order valence-corrected chi connectivity index (χ1v) is 7.82. The Balaban J connectivity index is 1.71. The van der Waals surface area contributed by atoms with Crippen LogP contribution in [0.1, 0.15) is 26.3 Å². The van der Waals surface area contributed by atoms with Crippen LogP contribution >= 0.6 is 0 Å². The number of amides is 2. The van der Waals surface area contributed by atoms with Crippen molar-refractivity contribution in [2.24, 2.45) is 0 Å². The molecular formula is C20H17N3O2. The second-order valence-electron chi connectivity index (χ2n) is 5.54. The first kappa shape index (κ1) is 16.4. The van der Waals surface area contributed by atoms with Crippen LogP contribution < -0.4 is 10.6 Å². The lowest BCUT2D eigenvalue weighted by molar-refractivity contribution is 0.101. The van der Waals surface area contributed by atoms with Gasteiger partial charge in [0, 0.05) is 34.9 Å². The molecule has 2 aromatic carbocycles. The van der Waals surface area contributed by atoms with Gasteiger partial charge in [-0.15, -0.1) is 0 Å². The number of carbonyl (C=O) groups excluding carboxylic acids is 2. The monoisotopic (exact) mass is 331 g/mol. The van der Waals surface area contributed by atoms with E-state index in [-0.39, 0.29) is 11.8 Å². The Bertz CT molecular complexity index is 893. The van der Waals surface area contributed by atoms with E-state index in [2.05, 4.69) is 15.6 Å². The molecule has 0 atom stereocenters. The zero-order valence-electron chi connectivity index (χ0n) is 13.7. The van der Waals surface area contributed by atoms with Crippen molar-refractivity contribution in [3.05, 3.63) is 89.7 Å². The molecule has 0 aliphatic heterocycles. The largest absolute Gasteiger partial charge is 0.322 e. The lowest BCUT2D eigenvalue weighted by Crippen LogP contribution is -2.14. The van der Waals surface area contributed by atoms with Crippen molar-refractivity contribution in [1.82, 2.24) is 4.98 Å². The van der Waals surface area contributed by atoms with Crippen molar-refractivity contribution in [3.8, 4) is 0 Å². The third kappa shape index (κ3) is 4.09. The number of pyridine rings is 1. The van der Waals surface area contributed by atoms with Gasteiger partial charge >= 0.3 is 0 Å². The van der Waals surface area contributed by atoms with E-state index in [0.29, 0.717) is 22.5 Å². The van der Waals surface area contributed by atoms with Gasteiger partial charge in [-0.2, -0.15) is 0 Å². The number of rotatable bonds is 4. The molecule has 124 valence electrons. The van der Waals surface area contributed by atoms with Crippen LogP contribution in [0.5, 0.6) is 0 Å². The average Bonchev–Trinajstić information content (AvgIpc) is 2.65. The topological polar surface area (TPSA) is 71.1 Å². The van der Waals surface area contributed by atoms with Gasteiger partial charge in [-0.25, -0.2) is 0 Å². The fourth-order valence-corrected chi connectivity index (χ4v) is 2.37. The van der Waals surface area contributed by atoms with Crippen molar-refractivity contribution in [2.45, 2.75) is 6.92 Å². The van der Waals surface area contributed by atoms with Crippen molar-refractivity contribution >= 4 is 23.2 Å². The molecule has 0 unspecified atom stereocenters. The number of nitrogens with zero attached hydrogens (tertiary/aromatic N) is 1. The maximum Gasteiger partial charge on any atom is 0.255 e. The molecule has 5 nitrogen and oxygen atoms in total. The van der Waals surface area contributed by atoms with Gasteiger partial charge in [-0.3, -0.25) is 14.6 Å². The summed E-state index contributed by atoms with van der Waals surface area (Å²) in [6.45, 7) is 1.88. The van der Waals surface area contributed by atoms with E-state index in [4.69, 9.17) is 0 Å². The molecule has 0 aliphatic rings. The molecule has 0 fully saturated rings. The molecule has 2 amide bonds. The van der Waals surface area contributed by atoms with Crippen LogP contribution in [0.4, 0.5) is 11.4 Å². The molecule has 3 rings (SSSR count). The quantitative estimate of drug-likeness (QED) is 0.762. The maximum atomic E-state index is 12.2. The first-order valence-electron chi connectivity index (χ1n) is 7.82. The van der Waals surface area contributed by atoms with Crippen molar-refractivity contribution in [1.29, 1.82) is 0 Å². The fourth-order valence-electron chi connectivity index (χ4n) is 2.37. The molecule has 5 heteroatoms. The molecule has 3 aromatic rings. The molecule has 25 heavy (non-hydrogen) atoms. The third-order valence-electron chi connectivity index (χ3n) is 3.71. The van der Waals surface area contributed by atoms with Crippen LogP contribution in [0.15, 0.2) is 73.1 Å². The molecule has 1 heterocycles. The highest BCUT2D eigenvalue weighted by Crippen LogP contribution is 2.21. The van der Waals surface area contributed by atoms with Gasteiger partial charge in [0.2, 0.25) is 0 Å². The molecule has 1 aromatic heterocycles. The Kier molecular flexibility index (Phi) is 4.85.